The van der Waals surface area contributed by atoms with Crippen molar-refractivity contribution < 1.29 is 0 Å². The Morgan fingerprint density at radius 1 is 1.14 bits per heavy atom. The molecule has 114 valence electrons. The summed E-state index contributed by atoms with van der Waals surface area (Å²) in [5.41, 5.74) is 2.60. The van der Waals surface area contributed by atoms with Crippen molar-refractivity contribution in [1.82, 2.24) is 5.32 Å². The van der Waals surface area contributed by atoms with E-state index in [9.17, 15) is 0 Å². The first kappa shape index (κ1) is 16.5. The molecular formula is C17H23BrN2S. The largest absolute Gasteiger partial charge is 0.378 e. The standard InChI is InChI=1S/C17H23BrN2S/c1-4-11-19-16(12-15-9-10-17(18)21-15)13-5-7-14(8-6-13)20(2)3/h5-10,16,19H,4,11-12H2,1-3H3. The highest BCUT2D eigenvalue weighted by atomic mass is 79.9. The number of anilines is 1. The molecule has 0 bridgehead atoms. The van der Waals surface area contributed by atoms with E-state index in [0.29, 0.717) is 6.04 Å². The molecule has 0 radical (unpaired) electrons. The molecule has 0 saturated carbocycles. The molecule has 1 unspecified atom stereocenters. The quantitative estimate of drug-likeness (QED) is 0.752. The fourth-order valence-electron chi connectivity index (χ4n) is 2.29. The third kappa shape index (κ3) is 4.83. The van der Waals surface area contributed by atoms with E-state index in [4.69, 9.17) is 0 Å². The molecule has 1 N–H and O–H groups in total. The van der Waals surface area contributed by atoms with Crippen LogP contribution in [-0.2, 0) is 6.42 Å². The minimum atomic E-state index is 0.381. The lowest BCUT2D eigenvalue weighted by Gasteiger charge is -2.20. The van der Waals surface area contributed by atoms with E-state index in [1.54, 1.807) is 0 Å². The Kier molecular flexibility index (Phi) is 6.27. The van der Waals surface area contributed by atoms with Crippen LogP contribution in [0.25, 0.3) is 0 Å². The van der Waals surface area contributed by atoms with Crippen LogP contribution >= 0.6 is 27.3 Å². The van der Waals surface area contributed by atoms with Crippen LogP contribution in [0.1, 0.15) is 29.8 Å². The maximum Gasteiger partial charge on any atom is 0.0701 e. The second-order valence-electron chi connectivity index (χ2n) is 5.40. The monoisotopic (exact) mass is 366 g/mol. The lowest BCUT2D eigenvalue weighted by Crippen LogP contribution is -2.23. The fourth-order valence-corrected chi connectivity index (χ4v) is 3.82. The van der Waals surface area contributed by atoms with Crippen LogP contribution in [-0.4, -0.2) is 20.6 Å². The molecule has 1 heterocycles. The predicted octanol–water partition coefficient (Wildman–Crippen LogP) is 4.86. The minimum Gasteiger partial charge on any atom is -0.378 e. The molecule has 1 atom stereocenters. The van der Waals surface area contributed by atoms with Crippen molar-refractivity contribution >= 4 is 33.0 Å². The van der Waals surface area contributed by atoms with Gasteiger partial charge in [0.25, 0.3) is 0 Å². The van der Waals surface area contributed by atoms with Crippen molar-refractivity contribution in [3.63, 3.8) is 0 Å². The number of benzene rings is 1. The highest BCUT2D eigenvalue weighted by Crippen LogP contribution is 2.27. The molecular weight excluding hydrogens is 344 g/mol. The maximum atomic E-state index is 3.67. The van der Waals surface area contributed by atoms with Gasteiger partial charge in [-0.05, 0) is 58.7 Å². The number of nitrogens with one attached hydrogen (secondary N) is 1. The zero-order chi connectivity index (χ0) is 15.2. The topological polar surface area (TPSA) is 15.3 Å². The van der Waals surface area contributed by atoms with Gasteiger partial charge in [-0.15, -0.1) is 11.3 Å². The number of nitrogens with zero attached hydrogens (tertiary/aromatic N) is 1. The summed E-state index contributed by atoms with van der Waals surface area (Å²) in [6, 6.07) is 13.6. The predicted molar refractivity (Wildman–Crippen MR) is 97.5 cm³/mol. The first-order valence-corrected chi connectivity index (χ1v) is 8.96. The summed E-state index contributed by atoms with van der Waals surface area (Å²) in [6.45, 7) is 3.26. The normalized spacial score (nSPS) is 12.4. The van der Waals surface area contributed by atoms with Crippen molar-refractivity contribution in [2.45, 2.75) is 25.8 Å². The van der Waals surface area contributed by atoms with Gasteiger partial charge in [-0.1, -0.05) is 19.1 Å². The number of rotatable bonds is 7. The van der Waals surface area contributed by atoms with Gasteiger partial charge in [0, 0.05) is 37.1 Å². The molecule has 0 aliphatic heterocycles. The molecule has 0 amide bonds. The lowest BCUT2D eigenvalue weighted by molar-refractivity contribution is 0.532. The Morgan fingerprint density at radius 2 is 1.86 bits per heavy atom. The molecule has 0 aliphatic rings. The first-order valence-electron chi connectivity index (χ1n) is 7.35. The molecule has 0 aliphatic carbocycles. The zero-order valence-electron chi connectivity index (χ0n) is 12.9. The van der Waals surface area contributed by atoms with Crippen LogP contribution in [0.15, 0.2) is 40.2 Å². The van der Waals surface area contributed by atoms with Crippen LogP contribution in [0.5, 0.6) is 0 Å². The second-order valence-corrected chi connectivity index (χ2v) is 7.95. The second kappa shape index (κ2) is 7.97. The number of thiophene rings is 1. The third-order valence-corrected chi connectivity index (χ3v) is 5.13. The molecule has 2 rings (SSSR count). The summed E-state index contributed by atoms with van der Waals surface area (Å²) in [5, 5.41) is 3.67. The third-order valence-electron chi connectivity index (χ3n) is 3.49. The Bertz CT molecular complexity index is 548. The van der Waals surface area contributed by atoms with Gasteiger partial charge in [0.1, 0.15) is 0 Å². The van der Waals surface area contributed by atoms with Gasteiger partial charge in [-0.2, -0.15) is 0 Å². The van der Waals surface area contributed by atoms with E-state index < -0.39 is 0 Å². The number of hydrogen-bond acceptors (Lipinski definition) is 3. The fraction of sp³-hybridized carbons (Fsp3) is 0.412. The molecule has 1 aromatic heterocycles. The van der Waals surface area contributed by atoms with Gasteiger partial charge >= 0.3 is 0 Å². The van der Waals surface area contributed by atoms with Crippen LogP contribution in [0.2, 0.25) is 0 Å². The van der Waals surface area contributed by atoms with Crippen LogP contribution in [0, 0.1) is 0 Å². The van der Waals surface area contributed by atoms with Crippen molar-refractivity contribution in [3.8, 4) is 0 Å². The minimum absolute atomic E-state index is 0.381. The Balaban J connectivity index is 2.14. The van der Waals surface area contributed by atoms with Crippen molar-refractivity contribution in [2.75, 3.05) is 25.5 Å². The molecule has 21 heavy (non-hydrogen) atoms. The van der Waals surface area contributed by atoms with E-state index in [1.807, 2.05) is 11.3 Å². The number of hydrogen-bond donors (Lipinski definition) is 1. The summed E-state index contributed by atoms with van der Waals surface area (Å²) in [7, 11) is 4.15. The van der Waals surface area contributed by atoms with E-state index in [1.165, 1.54) is 19.9 Å². The Labute approximate surface area is 140 Å². The first-order chi connectivity index (χ1) is 10.1. The SMILES string of the molecule is CCCNC(Cc1ccc(Br)s1)c1ccc(N(C)C)cc1. The summed E-state index contributed by atoms with van der Waals surface area (Å²) >= 11 is 5.37. The molecule has 1 aromatic carbocycles. The van der Waals surface area contributed by atoms with Gasteiger partial charge in [-0.25, -0.2) is 0 Å². The van der Waals surface area contributed by atoms with Gasteiger partial charge in [0.2, 0.25) is 0 Å². The summed E-state index contributed by atoms with van der Waals surface area (Å²) < 4.78 is 1.20. The zero-order valence-corrected chi connectivity index (χ0v) is 15.3. The molecule has 2 nitrogen and oxygen atoms in total. The van der Waals surface area contributed by atoms with E-state index in [0.717, 1.165) is 19.4 Å². The van der Waals surface area contributed by atoms with Gasteiger partial charge in [0.15, 0.2) is 0 Å². The maximum absolute atomic E-state index is 3.67. The van der Waals surface area contributed by atoms with E-state index >= 15 is 0 Å². The smallest absolute Gasteiger partial charge is 0.0701 e. The van der Waals surface area contributed by atoms with E-state index in [2.05, 4.69) is 83.6 Å². The summed E-state index contributed by atoms with van der Waals surface area (Å²) in [6.07, 6.45) is 2.19. The molecule has 0 fully saturated rings. The summed E-state index contributed by atoms with van der Waals surface area (Å²) in [5.74, 6) is 0. The highest BCUT2D eigenvalue weighted by molar-refractivity contribution is 9.11. The van der Waals surface area contributed by atoms with Gasteiger partial charge < -0.3 is 10.2 Å². The lowest BCUT2D eigenvalue weighted by atomic mass is 10.0. The molecule has 4 heteroatoms. The van der Waals surface area contributed by atoms with Gasteiger partial charge in [0.05, 0.1) is 3.79 Å². The molecule has 2 aromatic rings. The van der Waals surface area contributed by atoms with Crippen molar-refractivity contribution in [1.29, 1.82) is 0 Å². The average molecular weight is 367 g/mol. The van der Waals surface area contributed by atoms with Crippen LogP contribution < -0.4 is 10.2 Å². The average Bonchev–Trinajstić information content (AvgIpc) is 2.89. The van der Waals surface area contributed by atoms with Gasteiger partial charge in [-0.3, -0.25) is 0 Å². The van der Waals surface area contributed by atoms with Crippen LogP contribution in [0.4, 0.5) is 5.69 Å². The number of halogens is 1. The van der Waals surface area contributed by atoms with Crippen LogP contribution in [0.3, 0.4) is 0 Å². The van der Waals surface area contributed by atoms with Crippen molar-refractivity contribution in [2.24, 2.45) is 0 Å². The molecule has 0 spiro atoms. The summed E-state index contributed by atoms with van der Waals surface area (Å²) in [4.78, 5) is 3.54. The molecule has 0 saturated heterocycles. The Morgan fingerprint density at radius 3 is 2.38 bits per heavy atom. The van der Waals surface area contributed by atoms with Crippen molar-refractivity contribution in [3.05, 3.63) is 50.6 Å². The Hall–Kier alpha value is -0.840. The highest BCUT2D eigenvalue weighted by Gasteiger charge is 2.13. The van der Waals surface area contributed by atoms with E-state index in [-0.39, 0.29) is 0 Å².